The fourth-order valence-corrected chi connectivity index (χ4v) is 4.85. The molecule has 0 saturated carbocycles. The Labute approximate surface area is 172 Å². The summed E-state index contributed by atoms with van der Waals surface area (Å²) in [5.41, 5.74) is 6.96. The molecule has 4 amide bonds. The summed E-state index contributed by atoms with van der Waals surface area (Å²) in [7, 11) is 0. The van der Waals surface area contributed by atoms with E-state index in [2.05, 4.69) is 17.8 Å². The lowest BCUT2D eigenvalue weighted by atomic mass is 9.90. The Bertz CT molecular complexity index is 1010. The molecule has 4 rings (SSSR count). The summed E-state index contributed by atoms with van der Waals surface area (Å²) in [6.45, 7) is 1.76. The van der Waals surface area contributed by atoms with E-state index >= 15 is 0 Å². The summed E-state index contributed by atoms with van der Waals surface area (Å²) in [5.74, 6) is -1.35. The number of hydrogen-bond acceptors (Lipinski definition) is 5. The number of amides is 4. The molecule has 1 aliphatic heterocycles. The average molecular weight is 411 g/mol. The fraction of sp³-hybridized carbons (Fsp3) is 0.333. The van der Waals surface area contributed by atoms with Crippen molar-refractivity contribution in [1.82, 2.24) is 15.8 Å². The highest BCUT2D eigenvalue weighted by atomic mass is 32.1. The third-order valence-corrected chi connectivity index (χ3v) is 6.54. The van der Waals surface area contributed by atoms with Crippen molar-refractivity contribution in [2.45, 2.75) is 32.6 Å². The number of imide groups is 1. The van der Waals surface area contributed by atoms with E-state index in [0.29, 0.717) is 21.9 Å². The predicted molar refractivity (Wildman–Crippen MR) is 107 cm³/mol. The van der Waals surface area contributed by atoms with Gasteiger partial charge in [-0.2, -0.15) is 0 Å². The molecule has 1 aromatic carbocycles. The molecule has 0 spiro atoms. The van der Waals surface area contributed by atoms with E-state index in [0.717, 1.165) is 24.2 Å². The van der Waals surface area contributed by atoms with Crippen LogP contribution in [0.1, 0.15) is 49.4 Å². The SMILES string of the molecule is C[C@H]1CCc2sc(C(=O)NNC(=O)CN3C(=O)Cc4ccccc4C3=O)cc2C1. The number of carbonyl (C=O) groups excluding carboxylic acids is 4. The van der Waals surface area contributed by atoms with Crippen LogP contribution in [0.15, 0.2) is 30.3 Å². The van der Waals surface area contributed by atoms with E-state index in [1.54, 1.807) is 24.3 Å². The zero-order chi connectivity index (χ0) is 20.5. The molecule has 150 valence electrons. The van der Waals surface area contributed by atoms with Crippen molar-refractivity contribution in [3.8, 4) is 0 Å². The molecule has 2 aromatic rings. The summed E-state index contributed by atoms with van der Waals surface area (Å²) < 4.78 is 0. The maximum Gasteiger partial charge on any atom is 0.279 e. The quantitative estimate of drug-likeness (QED) is 0.595. The molecule has 0 unspecified atom stereocenters. The predicted octanol–water partition coefficient (Wildman–Crippen LogP) is 1.86. The van der Waals surface area contributed by atoms with Gasteiger partial charge < -0.3 is 0 Å². The van der Waals surface area contributed by atoms with Crippen LogP contribution in [0.25, 0.3) is 0 Å². The van der Waals surface area contributed by atoms with Gasteiger partial charge in [-0.3, -0.25) is 34.9 Å². The van der Waals surface area contributed by atoms with E-state index in [9.17, 15) is 19.2 Å². The molecule has 1 aliphatic carbocycles. The number of nitrogens with one attached hydrogen (secondary N) is 2. The second-order valence-electron chi connectivity index (χ2n) is 7.53. The normalized spacial score (nSPS) is 18.1. The van der Waals surface area contributed by atoms with E-state index < -0.39 is 30.2 Å². The number of hydrazine groups is 1. The summed E-state index contributed by atoms with van der Waals surface area (Å²) in [4.78, 5) is 52.0. The molecule has 0 radical (unpaired) electrons. The summed E-state index contributed by atoms with van der Waals surface area (Å²) in [6.07, 6.45) is 3.13. The average Bonchev–Trinajstić information content (AvgIpc) is 3.12. The highest BCUT2D eigenvalue weighted by Gasteiger charge is 2.32. The van der Waals surface area contributed by atoms with Crippen molar-refractivity contribution in [2.24, 2.45) is 5.92 Å². The number of nitrogens with zero attached hydrogens (tertiary/aromatic N) is 1. The maximum atomic E-state index is 12.5. The van der Waals surface area contributed by atoms with Crippen LogP contribution in [0, 0.1) is 5.92 Å². The standard InChI is InChI=1S/C21H21N3O4S/c1-12-6-7-16-14(8-12)9-17(29-16)20(27)23-22-18(25)11-24-19(26)10-13-4-2-3-5-15(13)21(24)28/h2-5,9,12H,6-8,10-11H2,1H3,(H,22,25)(H,23,27)/t12-/m0/s1. The largest absolute Gasteiger partial charge is 0.279 e. The van der Waals surface area contributed by atoms with Crippen molar-refractivity contribution in [1.29, 1.82) is 0 Å². The van der Waals surface area contributed by atoms with Crippen molar-refractivity contribution in [2.75, 3.05) is 6.54 Å². The van der Waals surface area contributed by atoms with Crippen LogP contribution in [-0.4, -0.2) is 35.1 Å². The molecular weight excluding hydrogens is 390 g/mol. The van der Waals surface area contributed by atoms with Crippen LogP contribution in [0.3, 0.4) is 0 Å². The van der Waals surface area contributed by atoms with Gasteiger partial charge in [0.05, 0.1) is 11.3 Å². The van der Waals surface area contributed by atoms with Gasteiger partial charge in [0.2, 0.25) is 5.91 Å². The van der Waals surface area contributed by atoms with E-state index in [4.69, 9.17) is 0 Å². The number of fused-ring (bicyclic) bond motifs is 2. The number of thiophene rings is 1. The number of hydrogen-bond donors (Lipinski definition) is 2. The lowest BCUT2D eigenvalue weighted by Gasteiger charge is -2.26. The van der Waals surface area contributed by atoms with Gasteiger partial charge in [0.25, 0.3) is 17.7 Å². The zero-order valence-electron chi connectivity index (χ0n) is 16.0. The third-order valence-electron chi connectivity index (χ3n) is 5.31. The first-order valence-corrected chi connectivity index (χ1v) is 10.4. The lowest BCUT2D eigenvalue weighted by Crippen LogP contribution is -2.51. The van der Waals surface area contributed by atoms with Gasteiger partial charge in [-0.05, 0) is 48.4 Å². The number of benzene rings is 1. The second kappa shape index (κ2) is 7.79. The Kier molecular flexibility index (Phi) is 5.19. The van der Waals surface area contributed by atoms with Crippen LogP contribution >= 0.6 is 11.3 Å². The molecule has 0 fully saturated rings. The minimum absolute atomic E-state index is 0.0702. The smallest absolute Gasteiger partial charge is 0.274 e. The Morgan fingerprint density at radius 2 is 1.97 bits per heavy atom. The second-order valence-corrected chi connectivity index (χ2v) is 8.67. The van der Waals surface area contributed by atoms with Crippen LogP contribution in [0.4, 0.5) is 0 Å². The van der Waals surface area contributed by atoms with Gasteiger partial charge in [-0.25, -0.2) is 0 Å². The molecule has 7 nitrogen and oxygen atoms in total. The molecule has 2 aliphatic rings. The molecule has 1 aromatic heterocycles. The number of rotatable bonds is 3. The van der Waals surface area contributed by atoms with Gasteiger partial charge >= 0.3 is 0 Å². The van der Waals surface area contributed by atoms with Crippen LogP contribution in [0.5, 0.6) is 0 Å². The van der Waals surface area contributed by atoms with Crippen molar-refractivity contribution >= 4 is 35.0 Å². The van der Waals surface area contributed by atoms with Gasteiger partial charge in [-0.1, -0.05) is 25.1 Å². The third kappa shape index (κ3) is 3.93. The van der Waals surface area contributed by atoms with Gasteiger partial charge in [0.15, 0.2) is 0 Å². The number of carbonyl (C=O) groups is 4. The number of aryl methyl sites for hydroxylation is 1. The fourth-order valence-electron chi connectivity index (χ4n) is 3.75. The summed E-state index contributed by atoms with van der Waals surface area (Å²) >= 11 is 1.44. The van der Waals surface area contributed by atoms with Gasteiger partial charge in [0, 0.05) is 10.4 Å². The molecule has 1 atom stereocenters. The molecule has 29 heavy (non-hydrogen) atoms. The lowest BCUT2D eigenvalue weighted by molar-refractivity contribution is -0.133. The molecular formula is C21H21N3O4S. The highest BCUT2D eigenvalue weighted by molar-refractivity contribution is 7.14. The van der Waals surface area contributed by atoms with Gasteiger partial charge in [0.1, 0.15) is 6.54 Å². The van der Waals surface area contributed by atoms with Crippen molar-refractivity contribution < 1.29 is 19.2 Å². The Balaban J connectivity index is 1.35. The molecule has 8 heteroatoms. The summed E-state index contributed by atoms with van der Waals surface area (Å²) in [5, 5.41) is 0. The first-order chi connectivity index (χ1) is 13.9. The molecule has 2 N–H and O–H groups in total. The Morgan fingerprint density at radius 3 is 2.79 bits per heavy atom. The maximum absolute atomic E-state index is 12.5. The minimum atomic E-state index is -0.630. The highest BCUT2D eigenvalue weighted by Crippen LogP contribution is 2.32. The van der Waals surface area contributed by atoms with Crippen LogP contribution in [-0.2, 0) is 28.9 Å². The van der Waals surface area contributed by atoms with E-state index in [1.807, 2.05) is 6.07 Å². The van der Waals surface area contributed by atoms with Crippen LogP contribution in [0.2, 0.25) is 0 Å². The van der Waals surface area contributed by atoms with Gasteiger partial charge in [-0.15, -0.1) is 11.3 Å². The van der Waals surface area contributed by atoms with E-state index in [1.165, 1.54) is 21.8 Å². The Hall–Kier alpha value is -3.00. The Morgan fingerprint density at radius 1 is 1.17 bits per heavy atom. The first-order valence-electron chi connectivity index (χ1n) is 9.55. The molecule has 2 heterocycles. The van der Waals surface area contributed by atoms with Crippen LogP contribution < -0.4 is 10.9 Å². The topological polar surface area (TPSA) is 95.6 Å². The molecule has 0 saturated heterocycles. The first kappa shape index (κ1) is 19.3. The monoisotopic (exact) mass is 411 g/mol. The van der Waals surface area contributed by atoms with Crippen molar-refractivity contribution in [3.63, 3.8) is 0 Å². The summed E-state index contributed by atoms with van der Waals surface area (Å²) in [6, 6.07) is 8.72. The zero-order valence-corrected chi connectivity index (χ0v) is 16.8. The molecule has 0 bridgehead atoms. The minimum Gasteiger partial charge on any atom is -0.274 e. The van der Waals surface area contributed by atoms with E-state index in [-0.39, 0.29) is 6.42 Å². The van der Waals surface area contributed by atoms with Crippen molar-refractivity contribution in [3.05, 3.63) is 56.8 Å².